The molecular formula is C12H25NO. The maximum Gasteiger partial charge on any atom is 0.0580 e. The molecule has 0 bridgehead atoms. The number of aliphatic hydroxyl groups is 1. The van der Waals surface area contributed by atoms with Crippen molar-refractivity contribution in [2.45, 2.75) is 52.1 Å². The second-order valence-electron chi connectivity index (χ2n) is 5.00. The molecule has 84 valence electrons. The van der Waals surface area contributed by atoms with Gasteiger partial charge in [-0.25, -0.2) is 0 Å². The van der Waals surface area contributed by atoms with Crippen molar-refractivity contribution in [2.75, 3.05) is 13.1 Å². The summed E-state index contributed by atoms with van der Waals surface area (Å²) in [5, 5.41) is 13.2. The van der Waals surface area contributed by atoms with E-state index in [2.05, 4.69) is 19.2 Å². The molecule has 2 atom stereocenters. The van der Waals surface area contributed by atoms with Crippen molar-refractivity contribution in [3.8, 4) is 0 Å². The fourth-order valence-electron chi connectivity index (χ4n) is 2.10. The molecule has 1 saturated carbocycles. The van der Waals surface area contributed by atoms with Gasteiger partial charge in [0, 0.05) is 6.54 Å². The van der Waals surface area contributed by atoms with Crippen molar-refractivity contribution in [3.63, 3.8) is 0 Å². The molecule has 2 heteroatoms. The molecule has 0 aliphatic heterocycles. The Balaban J connectivity index is 2.04. The Morgan fingerprint density at radius 1 is 1.29 bits per heavy atom. The highest BCUT2D eigenvalue weighted by Gasteiger charge is 2.22. The molecule has 2 nitrogen and oxygen atoms in total. The first-order chi connectivity index (χ1) is 6.70. The van der Waals surface area contributed by atoms with E-state index < -0.39 is 0 Å². The van der Waals surface area contributed by atoms with Crippen molar-refractivity contribution in [1.29, 1.82) is 0 Å². The lowest BCUT2D eigenvalue weighted by molar-refractivity contribution is 0.0696. The SMILES string of the molecule is CC(C)CCNCC1CCCCC1O. The van der Waals surface area contributed by atoms with Crippen LogP contribution in [-0.2, 0) is 0 Å². The number of hydrogen-bond acceptors (Lipinski definition) is 2. The first-order valence-electron chi connectivity index (χ1n) is 6.09. The van der Waals surface area contributed by atoms with E-state index in [0.717, 1.165) is 25.4 Å². The van der Waals surface area contributed by atoms with Crippen LogP contribution in [0.5, 0.6) is 0 Å². The van der Waals surface area contributed by atoms with Crippen molar-refractivity contribution < 1.29 is 5.11 Å². The van der Waals surface area contributed by atoms with E-state index in [-0.39, 0.29) is 6.10 Å². The summed E-state index contributed by atoms with van der Waals surface area (Å²) < 4.78 is 0. The van der Waals surface area contributed by atoms with Crippen LogP contribution in [0.15, 0.2) is 0 Å². The van der Waals surface area contributed by atoms with Crippen LogP contribution in [0.3, 0.4) is 0 Å². The Morgan fingerprint density at radius 3 is 2.64 bits per heavy atom. The molecule has 0 spiro atoms. The molecule has 1 aliphatic carbocycles. The van der Waals surface area contributed by atoms with Gasteiger partial charge in [0.2, 0.25) is 0 Å². The van der Waals surface area contributed by atoms with Crippen LogP contribution in [0.4, 0.5) is 0 Å². The highest BCUT2D eigenvalue weighted by Crippen LogP contribution is 2.23. The van der Waals surface area contributed by atoms with E-state index in [1.54, 1.807) is 0 Å². The van der Waals surface area contributed by atoms with Crippen molar-refractivity contribution in [2.24, 2.45) is 11.8 Å². The average molecular weight is 199 g/mol. The molecule has 0 saturated heterocycles. The molecule has 0 radical (unpaired) electrons. The van der Waals surface area contributed by atoms with E-state index in [1.807, 2.05) is 0 Å². The zero-order chi connectivity index (χ0) is 10.4. The number of rotatable bonds is 5. The van der Waals surface area contributed by atoms with E-state index in [1.165, 1.54) is 25.7 Å². The molecule has 1 rings (SSSR count). The van der Waals surface area contributed by atoms with E-state index >= 15 is 0 Å². The summed E-state index contributed by atoms with van der Waals surface area (Å²) in [6.45, 7) is 6.60. The third-order valence-electron chi connectivity index (χ3n) is 3.17. The van der Waals surface area contributed by atoms with Crippen LogP contribution in [0.25, 0.3) is 0 Å². The largest absolute Gasteiger partial charge is 0.393 e. The highest BCUT2D eigenvalue weighted by atomic mass is 16.3. The summed E-state index contributed by atoms with van der Waals surface area (Å²) in [6.07, 6.45) is 5.92. The average Bonchev–Trinajstić information content (AvgIpc) is 2.15. The number of aliphatic hydroxyl groups excluding tert-OH is 1. The van der Waals surface area contributed by atoms with Gasteiger partial charge >= 0.3 is 0 Å². The Bertz CT molecular complexity index is 147. The van der Waals surface area contributed by atoms with Gasteiger partial charge in [0.05, 0.1) is 6.10 Å². The summed E-state index contributed by atoms with van der Waals surface area (Å²) >= 11 is 0. The van der Waals surface area contributed by atoms with Crippen LogP contribution < -0.4 is 5.32 Å². The van der Waals surface area contributed by atoms with Gasteiger partial charge in [-0.05, 0) is 37.6 Å². The van der Waals surface area contributed by atoms with Gasteiger partial charge in [-0.3, -0.25) is 0 Å². The minimum atomic E-state index is -0.0460. The molecule has 0 aromatic heterocycles. The van der Waals surface area contributed by atoms with Gasteiger partial charge in [-0.15, -0.1) is 0 Å². The van der Waals surface area contributed by atoms with Crippen LogP contribution in [0, 0.1) is 11.8 Å². The fourth-order valence-corrected chi connectivity index (χ4v) is 2.10. The monoisotopic (exact) mass is 199 g/mol. The molecular weight excluding hydrogens is 174 g/mol. The second-order valence-corrected chi connectivity index (χ2v) is 5.00. The van der Waals surface area contributed by atoms with Crippen LogP contribution in [0.1, 0.15) is 46.0 Å². The van der Waals surface area contributed by atoms with Crippen LogP contribution >= 0.6 is 0 Å². The fraction of sp³-hybridized carbons (Fsp3) is 1.00. The molecule has 2 unspecified atom stereocenters. The van der Waals surface area contributed by atoms with E-state index in [9.17, 15) is 5.11 Å². The molecule has 0 amide bonds. The molecule has 0 aromatic carbocycles. The molecule has 1 aliphatic rings. The molecule has 14 heavy (non-hydrogen) atoms. The first-order valence-corrected chi connectivity index (χ1v) is 6.09. The summed E-state index contributed by atoms with van der Waals surface area (Å²) in [7, 11) is 0. The third kappa shape index (κ3) is 4.43. The zero-order valence-electron chi connectivity index (χ0n) is 9.63. The summed E-state index contributed by atoms with van der Waals surface area (Å²) in [6, 6.07) is 0. The van der Waals surface area contributed by atoms with E-state index in [0.29, 0.717) is 5.92 Å². The van der Waals surface area contributed by atoms with Crippen LogP contribution in [0.2, 0.25) is 0 Å². The van der Waals surface area contributed by atoms with Crippen molar-refractivity contribution in [1.82, 2.24) is 5.32 Å². The number of nitrogens with one attached hydrogen (secondary N) is 1. The minimum absolute atomic E-state index is 0.0460. The van der Waals surface area contributed by atoms with Gasteiger partial charge in [0.15, 0.2) is 0 Å². The Labute approximate surface area is 88.1 Å². The molecule has 1 fully saturated rings. The minimum Gasteiger partial charge on any atom is -0.393 e. The second kappa shape index (κ2) is 6.41. The lowest BCUT2D eigenvalue weighted by atomic mass is 9.86. The predicted octanol–water partition coefficient (Wildman–Crippen LogP) is 2.17. The summed E-state index contributed by atoms with van der Waals surface area (Å²) in [5.74, 6) is 1.29. The predicted molar refractivity (Wildman–Crippen MR) is 60.3 cm³/mol. The van der Waals surface area contributed by atoms with Gasteiger partial charge in [0.1, 0.15) is 0 Å². The van der Waals surface area contributed by atoms with Gasteiger partial charge < -0.3 is 10.4 Å². The smallest absolute Gasteiger partial charge is 0.0580 e. The normalized spacial score (nSPS) is 28.3. The van der Waals surface area contributed by atoms with E-state index in [4.69, 9.17) is 0 Å². The Kier molecular flexibility index (Phi) is 5.49. The highest BCUT2D eigenvalue weighted by molar-refractivity contribution is 4.76. The van der Waals surface area contributed by atoms with Gasteiger partial charge in [-0.2, -0.15) is 0 Å². The molecule has 0 heterocycles. The standard InChI is InChI=1S/C12H25NO/c1-10(2)7-8-13-9-11-5-3-4-6-12(11)14/h10-14H,3-9H2,1-2H3. The third-order valence-corrected chi connectivity index (χ3v) is 3.17. The van der Waals surface area contributed by atoms with Crippen molar-refractivity contribution >= 4 is 0 Å². The molecule has 0 aromatic rings. The maximum atomic E-state index is 9.74. The first kappa shape index (κ1) is 12.0. The maximum absolute atomic E-state index is 9.74. The zero-order valence-corrected chi connectivity index (χ0v) is 9.63. The number of hydrogen-bond donors (Lipinski definition) is 2. The van der Waals surface area contributed by atoms with Crippen LogP contribution in [-0.4, -0.2) is 24.3 Å². The van der Waals surface area contributed by atoms with Gasteiger partial charge in [-0.1, -0.05) is 26.7 Å². The lowest BCUT2D eigenvalue weighted by Crippen LogP contribution is -2.34. The topological polar surface area (TPSA) is 32.3 Å². The Morgan fingerprint density at radius 2 is 2.00 bits per heavy atom. The van der Waals surface area contributed by atoms with Gasteiger partial charge in [0.25, 0.3) is 0 Å². The summed E-state index contributed by atoms with van der Waals surface area (Å²) in [5.41, 5.74) is 0. The summed E-state index contributed by atoms with van der Waals surface area (Å²) in [4.78, 5) is 0. The lowest BCUT2D eigenvalue weighted by Gasteiger charge is -2.27. The van der Waals surface area contributed by atoms with Crippen molar-refractivity contribution in [3.05, 3.63) is 0 Å². The molecule has 2 N–H and O–H groups in total. The Hall–Kier alpha value is -0.0800. The quantitative estimate of drug-likeness (QED) is 0.665.